The van der Waals surface area contributed by atoms with Crippen LogP contribution in [-0.4, -0.2) is 24.7 Å². The number of rotatable bonds is 2. The molecule has 1 unspecified atom stereocenters. The van der Waals surface area contributed by atoms with Crippen molar-refractivity contribution in [1.82, 2.24) is 4.98 Å². The van der Waals surface area contributed by atoms with E-state index in [1.165, 1.54) is 11.1 Å². The number of para-hydroxylation sites is 1. The molecule has 0 radical (unpaired) electrons. The molecule has 116 valence electrons. The van der Waals surface area contributed by atoms with E-state index >= 15 is 0 Å². The fraction of sp³-hybridized carbons (Fsp3) is 0.211. The molecule has 23 heavy (non-hydrogen) atoms. The Labute approximate surface area is 140 Å². The number of nitrogens with zero attached hydrogens (tertiary/aromatic N) is 2. The fourth-order valence-corrected chi connectivity index (χ4v) is 3.23. The van der Waals surface area contributed by atoms with Gasteiger partial charge in [-0.1, -0.05) is 41.9 Å². The Morgan fingerprint density at radius 3 is 2.74 bits per heavy atom. The maximum absolute atomic E-state index is 5.98. The SMILES string of the molecule is Clc1ccc(C2CN(c3ccnc4ccccc34)CCO2)cc1. The Balaban J connectivity index is 1.65. The van der Waals surface area contributed by atoms with E-state index in [4.69, 9.17) is 16.3 Å². The maximum atomic E-state index is 5.98. The van der Waals surface area contributed by atoms with Crippen LogP contribution in [0.25, 0.3) is 10.9 Å². The van der Waals surface area contributed by atoms with Crippen molar-refractivity contribution in [3.63, 3.8) is 0 Å². The van der Waals surface area contributed by atoms with Gasteiger partial charge < -0.3 is 9.64 Å². The van der Waals surface area contributed by atoms with Crippen molar-refractivity contribution >= 4 is 28.2 Å². The highest BCUT2D eigenvalue weighted by Crippen LogP contribution is 2.30. The van der Waals surface area contributed by atoms with E-state index in [2.05, 4.69) is 34.1 Å². The first-order valence-electron chi connectivity index (χ1n) is 7.77. The van der Waals surface area contributed by atoms with Crippen molar-refractivity contribution in [3.8, 4) is 0 Å². The van der Waals surface area contributed by atoms with Gasteiger partial charge >= 0.3 is 0 Å². The summed E-state index contributed by atoms with van der Waals surface area (Å²) in [7, 11) is 0. The smallest absolute Gasteiger partial charge is 0.100 e. The molecule has 2 heterocycles. The number of pyridine rings is 1. The Hall–Kier alpha value is -2.10. The number of hydrogen-bond acceptors (Lipinski definition) is 3. The number of fused-ring (bicyclic) bond motifs is 1. The number of ether oxygens (including phenoxy) is 1. The first-order chi connectivity index (χ1) is 11.3. The van der Waals surface area contributed by atoms with Crippen molar-refractivity contribution in [2.75, 3.05) is 24.6 Å². The van der Waals surface area contributed by atoms with Gasteiger partial charge in [-0.05, 0) is 29.8 Å². The summed E-state index contributed by atoms with van der Waals surface area (Å²) in [6, 6.07) is 18.3. The first-order valence-corrected chi connectivity index (χ1v) is 8.15. The van der Waals surface area contributed by atoms with Crippen LogP contribution in [0.1, 0.15) is 11.7 Å². The minimum Gasteiger partial charge on any atom is -0.370 e. The third kappa shape index (κ3) is 2.90. The molecule has 1 fully saturated rings. The molecule has 0 aliphatic carbocycles. The zero-order chi connectivity index (χ0) is 15.6. The van der Waals surface area contributed by atoms with Gasteiger partial charge in [0.15, 0.2) is 0 Å². The predicted octanol–water partition coefficient (Wildman–Crippen LogP) is 4.47. The fourth-order valence-electron chi connectivity index (χ4n) is 3.10. The number of hydrogen-bond donors (Lipinski definition) is 0. The highest BCUT2D eigenvalue weighted by Gasteiger charge is 2.23. The molecule has 3 nitrogen and oxygen atoms in total. The molecule has 0 saturated carbocycles. The number of aromatic nitrogens is 1. The van der Waals surface area contributed by atoms with E-state index in [1.807, 2.05) is 36.5 Å². The topological polar surface area (TPSA) is 25.4 Å². The quantitative estimate of drug-likeness (QED) is 0.695. The standard InChI is InChI=1S/C19H17ClN2O/c20-15-7-5-14(6-8-15)19-13-22(11-12-23-19)18-9-10-21-17-4-2-1-3-16(17)18/h1-10,19H,11-13H2. The van der Waals surface area contributed by atoms with Crippen LogP contribution >= 0.6 is 11.6 Å². The van der Waals surface area contributed by atoms with E-state index in [1.54, 1.807) is 0 Å². The first kappa shape index (κ1) is 14.5. The van der Waals surface area contributed by atoms with Gasteiger partial charge in [-0.25, -0.2) is 0 Å². The molecule has 3 aromatic rings. The van der Waals surface area contributed by atoms with E-state index in [0.29, 0.717) is 6.61 Å². The van der Waals surface area contributed by atoms with Gasteiger partial charge in [0, 0.05) is 35.4 Å². The molecule has 1 atom stereocenters. The van der Waals surface area contributed by atoms with Crippen LogP contribution in [-0.2, 0) is 4.74 Å². The second-order valence-electron chi connectivity index (χ2n) is 5.70. The second kappa shape index (κ2) is 6.19. The minimum absolute atomic E-state index is 0.0629. The Kier molecular flexibility index (Phi) is 3.90. The average molecular weight is 325 g/mol. The average Bonchev–Trinajstić information content (AvgIpc) is 2.62. The summed E-state index contributed by atoms with van der Waals surface area (Å²) in [5.74, 6) is 0. The summed E-state index contributed by atoms with van der Waals surface area (Å²) in [5, 5.41) is 1.94. The predicted molar refractivity (Wildman–Crippen MR) is 94.1 cm³/mol. The molecule has 2 aromatic carbocycles. The van der Waals surface area contributed by atoms with Crippen LogP contribution in [0.3, 0.4) is 0 Å². The zero-order valence-electron chi connectivity index (χ0n) is 12.7. The lowest BCUT2D eigenvalue weighted by molar-refractivity contribution is 0.0399. The number of halogens is 1. The molecule has 1 aliphatic heterocycles. The van der Waals surface area contributed by atoms with E-state index in [-0.39, 0.29) is 6.10 Å². The summed E-state index contributed by atoms with van der Waals surface area (Å²) in [6.07, 6.45) is 1.94. The van der Waals surface area contributed by atoms with Crippen LogP contribution in [0, 0.1) is 0 Å². The lowest BCUT2D eigenvalue weighted by atomic mass is 10.1. The monoisotopic (exact) mass is 324 g/mol. The van der Waals surface area contributed by atoms with E-state index in [9.17, 15) is 0 Å². The molecule has 1 aromatic heterocycles. The Morgan fingerprint density at radius 1 is 1.04 bits per heavy atom. The van der Waals surface area contributed by atoms with Gasteiger partial charge in [-0.3, -0.25) is 4.98 Å². The summed E-state index contributed by atoms with van der Waals surface area (Å²) >= 11 is 5.98. The molecule has 4 heteroatoms. The van der Waals surface area contributed by atoms with Gasteiger partial charge in [0.2, 0.25) is 0 Å². The molecule has 0 amide bonds. The third-order valence-electron chi connectivity index (χ3n) is 4.27. The highest BCUT2D eigenvalue weighted by atomic mass is 35.5. The summed E-state index contributed by atoms with van der Waals surface area (Å²) in [4.78, 5) is 6.83. The lowest BCUT2D eigenvalue weighted by Crippen LogP contribution is -2.38. The lowest BCUT2D eigenvalue weighted by Gasteiger charge is -2.35. The molecule has 0 spiro atoms. The van der Waals surface area contributed by atoms with Crippen molar-refractivity contribution < 1.29 is 4.74 Å². The van der Waals surface area contributed by atoms with Crippen molar-refractivity contribution in [3.05, 3.63) is 71.4 Å². The van der Waals surface area contributed by atoms with Gasteiger partial charge in [-0.2, -0.15) is 0 Å². The van der Waals surface area contributed by atoms with Crippen LogP contribution in [0.2, 0.25) is 5.02 Å². The molecule has 1 saturated heterocycles. The maximum Gasteiger partial charge on any atom is 0.100 e. The van der Waals surface area contributed by atoms with E-state index < -0.39 is 0 Å². The Morgan fingerprint density at radius 2 is 1.87 bits per heavy atom. The summed E-state index contributed by atoms with van der Waals surface area (Å²) < 4.78 is 5.97. The van der Waals surface area contributed by atoms with Gasteiger partial charge in [0.1, 0.15) is 6.10 Å². The van der Waals surface area contributed by atoms with E-state index in [0.717, 1.165) is 29.2 Å². The van der Waals surface area contributed by atoms with Crippen LogP contribution in [0.15, 0.2) is 60.8 Å². The normalized spacial score (nSPS) is 18.3. The van der Waals surface area contributed by atoms with Crippen molar-refractivity contribution in [2.45, 2.75) is 6.10 Å². The number of morpholine rings is 1. The van der Waals surface area contributed by atoms with Crippen molar-refractivity contribution in [2.24, 2.45) is 0 Å². The summed E-state index contributed by atoms with van der Waals surface area (Å²) in [6.45, 7) is 2.43. The molecule has 0 bridgehead atoms. The Bertz CT molecular complexity index is 814. The minimum atomic E-state index is 0.0629. The van der Waals surface area contributed by atoms with Crippen molar-refractivity contribution in [1.29, 1.82) is 0 Å². The van der Waals surface area contributed by atoms with Gasteiger partial charge in [0.25, 0.3) is 0 Å². The number of benzene rings is 2. The zero-order valence-corrected chi connectivity index (χ0v) is 13.4. The molecular formula is C19H17ClN2O. The van der Waals surface area contributed by atoms with Crippen LogP contribution in [0.4, 0.5) is 5.69 Å². The van der Waals surface area contributed by atoms with Crippen LogP contribution < -0.4 is 4.90 Å². The summed E-state index contributed by atoms with van der Waals surface area (Å²) in [5.41, 5.74) is 3.41. The largest absolute Gasteiger partial charge is 0.370 e. The second-order valence-corrected chi connectivity index (χ2v) is 6.14. The molecule has 4 rings (SSSR count). The molecule has 1 aliphatic rings. The molecule has 0 N–H and O–H groups in total. The molecular weight excluding hydrogens is 308 g/mol. The highest BCUT2D eigenvalue weighted by molar-refractivity contribution is 6.30. The van der Waals surface area contributed by atoms with Gasteiger partial charge in [-0.15, -0.1) is 0 Å². The third-order valence-corrected chi connectivity index (χ3v) is 4.53. The van der Waals surface area contributed by atoms with Crippen LogP contribution in [0.5, 0.6) is 0 Å². The van der Waals surface area contributed by atoms with Gasteiger partial charge in [0.05, 0.1) is 12.1 Å². The number of anilines is 1.